The van der Waals surface area contributed by atoms with Crippen molar-refractivity contribution in [1.29, 1.82) is 0 Å². The highest BCUT2D eigenvalue weighted by molar-refractivity contribution is 7.09. The molecule has 0 aliphatic rings. The smallest absolute Gasteiger partial charge is 0.129 e. The third-order valence-electron chi connectivity index (χ3n) is 2.92. The molecule has 0 amide bonds. The van der Waals surface area contributed by atoms with Crippen LogP contribution in [-0.4, -0.2) is 12.0 Å². The van der Waals surface area contributed by atoms with Crippen LogP contribution in [0.15, 0.2) is 23.7 Å². The van der Waals surface area contributed by atoms with Crippen molar-refractivity contribution in [3.63, 3.8) is 0 Å². The van der Waals surface area contributed by atoms with Crippen molar-refractivity contribution >= 4 is 17.0 Å². The molecule has 1 aromatic carbocycles. The largest absolute Gasteiger partial charge is 0.369 e. The summed E-state index contributed by atoms with van der Waals surface area (Å²) in [5, 5.41) is 0. The molecule has 5 heteroatoms. The number of anilines is 1. The highest BCUT2D eigenvalue weighted by atomic mass is 32.1. The molecule has 2 N–H and O–H groups in total. The maximum Gasteiger partial charge on any atom is 0.129 e. The minimum absolute atomic E-state index is 0.226. The predicted octanol–water partition coefficient (Wildman–Crippen LogP) is 2.69. The van der Waals surface area contributed by atoms with Crippen LogP contribution in [0.3, 0.4) is 0 Å². The second kappa shape index (κ2) is 5.46. The van der Waals surface area contributed by atoms with Crippen LogP contribution in [0.1, 0.15) is 16.1 Å². The molecule has 0 radical (unpaired) electrons. The van der Waals surface area contributed by atoms with E-state index in [1.54, 1.807) is 17.4 Å². The number of aromatic nitrogens is 1. The third kappa shape index (κ3) is 2.68. The minimum Gasteiger partial charge on any atom is -0.369 e. The lowest BCUT2D eigenvalue weighted by atomic mass is 10.2. The van der Waals surface area contributed by atoms with Crippen molar-refractivity contribution in [2.75, 3.05) is 11.9 Å². The van der Waals surface area contributed by atoms with Crippen LogP contribution in [0.4, 0.5) is 10.1 Å². The van der Waals surface area contributed by atoms with Crippen LogP contribution < -0.4 is 10.6 Å². The molecule has 0 bridgehead atoms. The molecular formula is C13H16FN3S. The van der Waals surface area contributed by atoms with Crippen LogP contribution in [0, 0.1) is 12.7 Å². The lowest BCUT2D eigenvalue weighted by Gasteiger charge is -2.19. The molecule has 1 aromatic heterocycles. The fourth-order valence-corrected chi connectivity index (χ4v) is 2.55. The maximum atomic E-state index is 13.7. The van der Waals surface area contributed by atoms with Crippen LogP contribution >= 0.6 is 11.3 Å². The number of hydrogen-bond acceptors (Lipinski definition) is 4. The standard InChI is InChI=1S/C13H16FN3S/c1-9-13(18-8-16-9)7-17(2)11-4-3-10(6-15)12(14)5-11/h3-5,8H,6-7,15H2,1-2H3. The first-order valence-electron chi connectivity index (χ1n) is 5.70. The van der Waals surface area contributed by atoms with Gasteiger partial charge in [-0.05, 0) is 19.1 Å². The van der Waals surface area contributed by atoms with Gasteiger partial charge in [0.25, 0.3) is 0 Å². The molecule has 0 aliphatic heterocycles. The Balaban J connectivity index is 2.16. The molecule has 3 nitrogen and oxygen atoms in total. The van der Waals surface area contributed by atoms with Gasteiger partial charge in [0.2, 0.25) is 0 Å². The number of thiazole rings is 1. The first-order valence-corrected chi connectivity index (χ1v) is 6.58. The molecule has 96 valence electrons. The van der Waals surface area contributed by atoms with E-state index in [-0.39, 0.29) is 12.4 Å². The van der Waals surface area contributed by atoms with E-state index in [0.29, 0.717) is 5.56 Å². The number of nitrogens with two attached hydrogens (primary N) is 1. The molecular weight excluding hydrogens is 249 g/mol. The number of nitrogens with zero attached hydrogens (tertiary/aromatic N) is 2. The molecule has 18 heavy (non-hydrogen) atoms. The number of hydrogen-bond donors (Lipinski definition) is 1. The first kappa shape index (κ1) is 13.0. The highest BCUT2D eigenvalue weighted by Crippen LogP contribution is 2.21. The molecule has 0 saturated carbocycles. The summed E-state index contributed by atoms with van der Waals surface area (Å²) in [5.74, 6) is -0.247. The molecule has 0 saturated heterocycles. The quantitative estimate of drug-likeness (QED) is 0.924. The lowest BCUT2D eigenvalue weighted by Crippen LogP contribution is -2.16. The van der Waals surface area contributed by atoms with Gasteiger partial charge < -0.3 is 10.6 Å². The number of benzene rings is 1. The van der Waals surface area contributed by atoms with Gasteiger partial charge in [-0.2, -0.15) is 0 Å². The Morgan fingerprint density at radius 1 is 1.44 bits per heavy atom. The summed E-state index contributed by atoms with van der Waals surface area (Å²) in [6.07, 6.45) is 0. The summed E-state index contributed by atoms with van der Waals surface area (Å²) >= 11 is 1.62. The summed E-state index contributed by atoms with van der Waals surface area (Å²) in [5.41, 5.74) is 9.70. The van der Waals surface area contributed by atoms with Crippen molar-refractivity contribution in [2.24, 2.45) is 5.73 Å². The average Bonchev–Trinajstić information content (AvgIpc) is 2.75. The zero-order chi connectivity index (χ0) is 13.1. The number of rotatable bonds is 4. The summed E-state index contributed by atoms with van der Waals surface area (Å²) in [6, 6.07) is 5.15. The second-order valence-corrected chi connectivity index (χ2v) is 5.14. The van der Waals surface area contributed by atoms with Crippen LogP contribution in [0.25, 0.3) is 0 Å². The van der Waals surface area contributed by atoms with E-state index in [1.807, 2.05) is 30.4 Å². The van der Waals surface area contributed by atoms with Gasteiger partial charge >= 0.3 is 0 Å². The van der Waals surface area contributed by atoms with E-state index in [2.05, 4.69) is 4.98 Å². The maximum absolute atomic E-state index is 13.7. The summed E-state index contributed by atoms with van der Waals surface area (Å²) < 4.78 is 13.7. The SMILES string of the molecule is Cc1ncsc1CN(C)c1ccc(CN)c(F)c1. The highest BCUT2D eigenvalue weighted by Gasteiger charge is 2.09. The zero-order valence-electron chi connectivity index (χ0n) is 10.5. The third-order valence-corrected chi connectivity index (χ3v) is 3.84. The number of halogens is 1. The molecule has 0 aliphatic carbocycles. The van der Waals surface area contributed by atoms with E-state index in [0.717, 1.165) is 17.9 Å². The summed E-state index contributed by atoms with van der Waals surface area (Å²) in [7, 11) is 1.94. The molecule has 0 atom stereocenters. The molecule has 0 spiro atoms. The zero-order valence-corrected chi connectivity index (χ0v) is 11.3. The summed E-state index contributed by atoms with van der Waals surface area (Å²) in [4.78, 5) is 7.41. The molecule has 2 rings (SSSR count). The van der Waals surface area contributed by atoms with Gasteiger partial charge in [-0.3, -0.25) is 0 Å². The Labute approximate surface area is 110 Å². The molecule has 2 aromatic rings. The van der Waals surface area contributed by atoms with Gasteiger partial charge in [0.1, 0.15) is 5.82 Å². The van der Waals surface area contributed by atoms with Crippen molar-refractivity contribution in [3.8, 4) is 0 Å². The van der Waals surface area contributed by atoms with Crippen molar-refractivity contribution < 1.29 is 4.39 Å². The second-order valence-electron chi connectivity index (χ2n) is 4.20. The Morgan fingerprint density at radius 3 is 2.78 bits per heavy atom. The Hall–Kier alpha value is -1.46. The molecule has 0 fully saturated rings. The fourth-order valence-electron chi connectivity index (χ4n) is 1.72. The van der Waals surface area contributed by atoms with Gasteiger partial charge in [-0.1, -0.05) is 6.07 Å². The topological polar surface area (TPSA) is 42.2 Å². The molecule has 0 unspecified atom stereocenters. The van der Waals surface area contributed by atoms with E-state index in [1.165, 1.54) is 10.9 Å². The van der Waals surface area contributed by atoms with Crippen molar-refractivity contribution in [3.05, 3.63) is 45.7 Å². The lowest BCUT2D eigenvalue weighted by molar-refractivity contribution is 0.610. The van der Waals surface area contributed by atoms with Crippen molar-refractivity contribution in [2.45, 2.75) is 20.0 Å². The Kier molecular flexibility index (Phi) is 3.93. The summed E-state index contributed by atoms with van der Waals surface area (Å²) in [6.45, 7) is 2.94. The predicted molar refractivity (Wildman–Crippen MR) is 73.2 cm³/mol. The minimum atomic E-state index is -0.247. The Bertz CT molecular complexity index is 539. The number of aryl methyl sites for hydroxylation is 1. The van der Waals surface area contributed by atoms with Gasteiger partial charge in [0, 0.05) is 29.7 Å². The van der Waals surface area contributed by atoms with Gasteiger partial charge in [-0.25, -0.2) is 9.37 Å². The fraction of sp³-hybridized carbons (Fsp3) is 0.308. The first-order chi connectivity index (χ1) is 8.61. The van der Waals surface area contributed by atoms with E-state index < -0.39 is 0 Å². The van der Waals surface area contributed by atoms with E-state index >= 15 is 0 Å². The van der Waals surface area contributed by atoms with Gasteiger partial charge in [-0.15, -0.1) is 11.3 Å². The average molecular weight is 265 g/mol. The van der Waals surface area contributed by atoms with Crippen LogP contribution in [-0.2, 0) is 13.1 Å². The van der Waals surface area contributed by atoms with Crippen LogP contribution in [0.5, 0.6) is 0 Å². The van der Waals surface area contributed by atoms with Gasteiger partial charge in [0.15, 0.2) is 0 Å². The van der Waals surface area contributed by atoms with E-state index in [9.17, 15) is 4.39 Å². The van der Waals surface area contributed by atoms with E-state index in [4.69, 9.17) is 5.73 Å². The monoisotopic (exact) mass is 265 g/mol. The molecule has 1 heterocycles. The van der Waals surface area contributed by atoms with Crippen LogP contribution in [0.2, 0.25) is 0 Å². The van der Waals surface area contributed by atoms with Gasteiger partial charge in [0.05, 0.1) is 17.7 Å². The Morgan fingerprint density at radius 2 is 2.22 bits per heavy atom. The van der Waals surface area contributed by atoms with Crippen molar-refractivity contribution in [1.82, 2.24) is 4.98 Å². The normalized spacial score (nSPS) is 10.7.